The fourth-order valence-corrected chi connectivity index (χ4v) is 1.66. The quantitative estimate of drug-likeness (QED) is 0.456. The maximum absolute atomic E-state index is 12.1. The lowest BCUT2D eigenvalue weighted by Gasteiger charge is -2.03. The molecule has 1 aromatic rings. The van der Waals surface area contributed by atoms with Gasteiger partial charge in [-0.05, 0) is 25.5 Å². The molecule has 0 bridgehead atoms. The van der Waals surface area contributed by atoms with E-state index in [1.54, 1.807) is 43.3 Å². The van der Waals surface area contributed by atoms with Gasteiger partial charge in [-0.25, -0.2) is 0 Å². The van der Waals surface area contributed by atoms with Gasteiger partial charge in [0.2, 0.25) is 0 Å². The molecule has 0 aromatic heterocycles. The summed E-state index contributed by atoms with van der Waals surface area (Å²) in [4.78, 5) is 27.6. The van der Waals surface area contributed by atoms with Crippen molar-refractivity contribution in [2.75, 3.05) is 6.54 Å². The van der Waals surface area contributed by atoms with E-state index in [2.05, 4.69) is 11.6 Å². The van der Waals surface area contributed by atoms with Gasteiger partial charge in [-0.1, -0.05) is 36.9 Å². The molecule has 106 valence electrons. The van der Waals surface area contributed by atoms with Crippen molar-refractivity contribution in [1.29, 1.82) is 5.26 Å². The van der Waals surface area contributed by atoms with E-state index < -0.39 is 0 Å². The summed E-state index contributed by atoms with van der Waals surface area (Å²) in [6, 6.07) is 8.50. The van der Waals surface area contributed by atoms with Crippen LogP contribution in [-0.2, 0) is 0 Å². The highest BCUT2D eigenvalue weighted by Crippen LogP contribution is 2.10. The lowest BCUT2D eigenvalue weighted by atomic mass is 10.0. The van der Waals surface area contributed by atoms with E-state index in [9.17, 15) is 9.59 Å². The smallest absolute Gasteiger partial charge is 0.184 e. The number of aliphatic imine (C=N–C) groups is 1. The van der Waals surface area contributed by atoms with Crippen LogP contribution in [0.4, 0.5) is 0 Å². The number of nitrogens with zero attached hydrogens (tertiary/aromatic N) is 2. The molecule has 0 aliphatic carbocycles. The van der Waals surface area contributed by atoms with Crippen LogP contribution in [0, 0.1) is 11.3 Å². The minimum absolute atomic E-state index is 0.154. The van der Waals surface area contributed by atoms with Crippen molar-refractivity contribution in [1.82, 2.24) is 0 Å². The van der Waals surface area contributed by atoms with Gasteiger partial charge in [0.1, 0.15) is 18.3 Å². The molecule has 4 nitrogen and oxygen atoms in total. The van der Waals surface area contributed by atoms with Crippen LogP contribution < -0.4 is 0 Å². The number of hydrogen-bond acceptors (Lipinski definition) is 4. The molecule has 0 spiro atoms. The molecule has 0 radical (unpaired) electrons. The van der Waals surface area contributed by atoms with Gasteiger partial charge < -0.3 is 0 Å². The Morgan fingerprint density at radius 3 is 2.43 bits per heavy atom. The molecule has 0 fully saturated rings. The summed E-state index contributed by atoms with van der Waals surface area (Å²) < 4.78 is 0. The zero-order valence-electron chi connectivity index (χ0n) is 12.1. The second-order valence-corrected chi connectivity index (χ2v) is 4.43. The summed E-state index contributed by atoms with van der Waals surface area (Å²) in [5.41, 5.74) is 1.64. The van der Waals surface area contributed by atoms with Crippen molar-refractivity contribution in [3.63, 3.8) is 0 Å². The molecule has 21 heavy (non-hydrogen) atoms. The number of carbonyl (C=O) groups excluding carboxylic acids is 2. The summed E-state index contributed by atoms with van der Waals surface area (Å²) in [5, 5.41) is 8.97. The number of Topliss-reactive ketones (excluding diaryl/α,β-unsaturated/α-hetero) is 2. The minimum atomic E-state index is -0.293. The first-order chi connectivity index (χ1) is 9.99. The summed E-state index contributed by atoms with van der Waals surface area (Å²) in [5.74, 6) is -0.468. The highest BCUT2D eigenvalue weighted by Gasteiger charge is 2.13. The average molecular weight is 280 g/mol. The van der Waals surface area contributed by atoms with E-state index in [0.717, 1.165) is 5.57 Å². The van der Waals surface area contributed by atoms with Crippen LogP contribution in [0.3, 0.4) is 0 Å². The van der Waals surface area contributed by atoms with Gasteiger partial charge >= 0.3 is 0 Å². The standard InChI is InChI=1S/C17H16N2O2/c1-4-12(2)9-14(10-18)19-11-17(21)16-8-6-5-7-15(16)13(3)20/h4-9H,1,11H2,2-3H3/b12-9-,19-14+. The van der Waals surface area contributed by atoms with Gasteiger partial charge in [-0.3, -0.25) is 14.6 Å². The number of carbonyl (C=O) groups is 2. The Bertz CT molecular complexity index is 676. The zero-order valence-corrected chi connectivity index (χ0v) is 12.1. The van der Waals surface area contributed by atoms with Crippen LogP contribution in [0.5, 0.6) is 0 Å². The molecule has 1 rings (SSSR count). The topological polar surface area (TPSA) is 70.3 Å². The van der Waals surface area contributed by atoms with Gasteiger partial charge in [0.15, 0.2) is 11.6 Å². The molecule has 0 heterocycles. The molecule has 0 N–H and O–H groups in total. The lowest BCUT2D eigenvalue weighted by Crippen LogP contribution is -2.10. The Kier molecular flexibility index (Phi) is 5.97. The fourth-order valence-electron chi connectivity index (χ4n) is 1.66. The largest absolute Gasteiger partial charge is 0.294 e. The van der Waals surface area contributed by atoms with Crippen molar-refractivity contribution in [3.05, 3.63) is 59.7 Å². The zero-order chi connectivity index (χ0) is 15.8. The summed E-state index contributed by atoms with van der Waals surface area (Å²) in [6.07, 6.45) is 3.15. The molecule has 0 amide bonds. The summed E-state index contributed by atoms with van der Waals surface area (Å²) in [6.45, 7) is 6.61. The van der Waals surface area contributed by atoms with Crippen molar-refractivity contribution in [2.45, 2.75) is 13.8 Å². The van der Waals surface area contributed by atoms with Crippen LogP contribution in [0.2, 0.25) is 0 Å². The Morgan fingerprint density at radius 2 is 1.90 bits per heavy atom. The van der Waals surface area contributed by atoms with Crippen LogP contribution in [0.1, 0.15) is 34.6 Å². The normalized spacial score (nSPS) is 11.7. The highest BCUT2D eigenvalue weighted by molar-refractivity contribution is 6.11. The highest BCUT2D eigenvalue weighted by atomic mass is 16.1. The number of benzene rings is 1. The van der Waals surface area contributed by atoms with Crippen LogP contribution in [0.25, 0.3) is 0 Å². The predicted octanol–water partition coefficient (Wildman–Crippen LogP) is 3.17. The Hall–Kier alpha value is -2.80. The van der Waals surface area contributed by atoms with Crippen LogP contribution in [-0.4, -0.2) is 23.8 Å². The van der Waals surface area contributed by atoms with Gasteiger partial charge in [-0.15, -0.1) is 0 Å². The molecule has 1 aromatic carbocycles. The SMILES string of the molecule is C=C/C(C)=C\C(C#N)=N/CC(=O)c1ccccc1C(C)=O. The second kappa shape index (κ2) is 7.71. The van der Waals surface area contributed by atoms with Crippen LogP contribution >= 0.6 is 0 Å². The van der Waals surface area contributed by atoms with Crippen molar-refractivity contribution < 1.29 is 9.59 Å². The number of allylic oxidation sites excluding steroid dienone is 3. The molecular formula is C17H16N2O2. The molecule has 0 unspecified atom stereocenters. The summed E-state index contributed by atoms with van der Waals surface area (Å²) in [7, 11) is 0. The maximum Gasteiger partial charge on any atom is 0.184 e. The van der Waals surface area contributed by atoms with E-state index in [4.69, 9.17) is 5.26 Å². The Labute approximate surface area is 124 Å². The van der Waals surface area contributed by atoms with E-state index in [0.29, 0.717) is 11.1 Å². The average Bonchev–Trinajstić information content (AvgIpc) is 2.50. The predicted molar refractivity (Wildman–Crippen MR) is 82.6 cm³/mol. The van der Waals surface area contributed by atoms with Gasteiger partial charge in [-0.2, -0.15) is 5.26 Å². The van der Waals surface area contributed by atoms with E-state index >= 15 is 0 Å². The molecule has 0 atom stereocenters. The van der Waals surface area contributed by atoms with Crippen molar-refractivity contribution >= 4 is 17.3 Å². The fraction of sp³-hybridized carbons (Fsp3) is 0.176. The maximum atomic E-state index is 12.1. The monoisotopic (exact) mass is 280 g/mol. The lowest BCUT2D eigenvalue weighted by molar-refractivity contribution is 0.0975. The second-order valence-electron chi connectivity index (χ2n) is 4.43. The first-order valence-corrected chi connectivity index (χ1v) is 6.38. The molecular weight excluding hydrogens is 264 g/mol. The van der Waals surface area contributed by atoms with Gasteiger partial charge in [0, 0.05) is 11.1 Å². The van der Waals surface area contributed by atoms with Crippen molar-refractivity contribution in [3.8, 4) is 6.07 Å². The molecule has 0 aliphatic rings. The van der Waals surface area contributed by atoms with Gasteiger partial charge in [0.05, 0.1) is 0 Å². The number of rotatable bonds is 6. The number of nitriles is 1. The van der Waals surface area contributed by atoms with E-state index in [1.165, 1.54) is 6.92 Å². The molecule has 0 saturated heterocycles. The van der Waals surface area contributed by atoms with E-state index in [-0.39, 0.29) is 23.8 Å². The minimum Gasteiger partial charge on any atom is -0.294 e. The van der Waals surface area contributed by atoms with Crippen molar-refractivity contribution in [2.24, 2.45) is 4.99 Å². The van der Waals surface area contributed by atoms with Gasteiger partial charge in [0.25, 0.3) is 0 Å². The molecule has 4 heteroatoms. The number of ketones is 2. The Balaban J connectivity index is 3.00. The van der Waals surface area contributed by atoms with Crippen LogP contribution in [0.15, 0.2) is 53.6 Å². The third-order valence-electron chi connectivity index (χ3n) is 2.80. The first kappa shape index (κ1) is 16.3. The first-order valence-electron chi connectivity index (χ1n) is 6.38. The number of hydrogen-bond donors (Lipinski definition) is 0. The Morgan fingerprint density at radius 1 is 1.29 bits per heavy atom. The van der Waals surface area contributed by atoms with E-state index in [1.807, 2.05) is 6.07 Å². The summed E-state index contributed by atoms with van der Waals surface area (Å²) >= 11 is 0. The molecule has 0 saturated carbocycles. The third kappa shape index (κ3) is 4.66. The third-order valence-corrected chi connectivity index (χ3v) is 2.80. The molecule has 0 aliphatic heterocycles.